The van der Waals surface area contributed by atoms with Crippen molar-refractivity contribution < 1.29 is 14.3 Å². The number of nitriles is 1. The van der Waals surface area contributed by atoms with Gasteiger partial charge in [-0.05, 0) is 55.3 Å². The summed E-state index contributed by atoms with van der Waals surface area (Å²) in [4.78, 5) is 26.9. The molecular formula is C30H27N3O4S. The SMILES string of the molecule is CCOc1ccc(/C=c2/s/c(=C(/C#N)C(=O)N[C@H](C)c3ccccc3)n(-c3ccccc3)c2=O)cc1OC. The first-order chi connectivity index (χ1) is 18.5. The monoisotopic (exact) mass is 525 g/mol. The van der Waals surface area contributed by atoms with E-state index in [1.165, 1.54) is 4.57 Å². The number of rotatable bonds is 8. The maximum absolute atomic E-state index is 13.6. The lowest BCUT2D eigenvalue weighted by Crippen LogP contribution is -2.34. The van der Waals surface area contributed by atoms with E-state index in [2.05, 4.69) is 5.32 Å². The second-order valence-electron chi connectivity index (χ2n) is 8.33. The van der Waals surface area contributed by atoms with Crippen molar-refractivity contribution in [2.45, 2.75) is 19.9 Å². The minimum absolute atomic E-state index is 0.136. The summed E-state index contributed by atoms with van der Waals surface area (Å²) < 4.78 is 13.1. The highest BCUT2D eigenvalue weighted by Gasteiger charge is 2.19. The molecular weight excluding hydrogens is 498 g/mol. The second-order valence-corrected chi connectivity index (χ2v) is 9.36. The Kier molecular flexibility index (Phi) is 8.41. The van der Waals surface area contributed by atoms with Gasteiger partial charge in [0, 0.05) is 0 Å². The number of carbonyl (C=O) groups is 1. The van der Waals surface area contributed by atoms with Gasteiger partial charge in [-0.1, -0.05) is 54.6 Å². The molecule has 1 N–H and O–H groups in total. The number of hydrogen-bond donors (Lipinski definition) is 1. The molecule has 1 amide bonds. The molecule has 4 aromatic rings. The Morgan fingerprint density at radius 2 is 1.76 bits per heavy atom. The van der Waals surface area contributed by atoms with Crippen molar-refractivity contribution in [2.75, 3.05) is 13.7 Å². The van der Waals surface area contributed by atoms with Crippen LogP contribution in [-0.4, -0.2) is 24.2 Å². The highest BCUT2D eigenvalue weighted by Crippen LogP contribution is 2.28. The molecule has 1 atom stereocenters. The van der Waals surface area contributed by atoms with Crippen molar-refractivity contribution in [3.8, 4) is 23.3 Å². The lowest BCUT2D eigenvalue weighted by Gasteiger charge is -2.13. The molecule has 8 heteroatoms. The van der Waals surface area contributed by atoms with Gasteiger partial charge >= 0.3 is 0 Å². The second kappa shape index (κ2) is 12.1. The number of ether oxygens (including phenoxy) is 2. The summed E-state index contributed by atoms with van der Waals surface area (Å²) in [5.74, 6) is 0.591. The first kappa shape index (κ1) is 26.5. The predicted molar refractivity (Wildman–Crippen MR) is 149 cm³/mol. The van der Waals surface area contributed by atoms with Crippen molar-refractivity contribution in [2.24, 2.45) is 0 Å². The topological polar surface area (TPSA) is 93.4 Å². The summed E-state index contributed by atoms with van der Waals surface area (Å²) >= 11 is 1.09. The fourth-order valence-corrected chi connectivity index (χ4v) is 5.05. The Labute approximate surface area is 224 Å². The number of nitrogens with zero attached hydrogens (tertiary/aromatic N) is 2. The molecule has 0 aliphatic carbocycles. The Morgan fingerprint density at radius 1 is 1.08 bits per heavy atom. The van der Waals surface area contributed by atoms with Crippen LogP contribution in [0.1, 0.15) is 31.0 Å². The van der Waals surface area contributed by atoms with E-state index in [9.17, 15) is 14.9 Å². The molecule has 1 heterocycles. The standard InChI is InChI=1S/C30H27N3O4S/c1-4-37-25-16-15-21(17-26(25)36-3)18-27-29(35)33(23-13-9-6-10-14-23)30(38-27)24(19-31)28(34)32-20(2)22-11-7-5-8-12-22/h5-18,20H,4H2,1-3H3,(H,32,34)/b27-18+,30-24-/t20-/m1/s1. The van der Waals surface area contributed by atoms with E-state index in [1.807, 2.05) is 62.4 Å². The average molecular weight is 526 g/mol. The van der Waals surface area contributed by atoms with Gasteiger partial charge in [0.1, 0.15) is 10.7 Å². The molecule has 38 heavy (non-hydrogen) atoms. The highest BCUT2D eigenvalue weighted by atomic mass is 32.1. The van der Waals surface area contributed by atoms with E-state index in [-0.39, 0.29) is 21.8 Å². The van der Waals surface area contributed by atoms with Crippen LogP contribution in [0.15, 0.2) is 83.7 Å². The van der Waals surface area contributed by atoms with Gasteiger partial charge < -0.3 is 14.8 Å². The van der Waals surface area contributed by atoms with Crippen LogP contribution in [0.3, 0.4) is 0 Å². The zero-order valence-corrected chi connectivity index (χ0v) is 22.1. The lowest BCUT2D eigenvalue weighted by molar-refractivity contribution is -0.116. The third kappa shape index (κ3) is 5.69. The van der Waals surface area contributed by atoms with Gasteiger partial charge in [-0.3, -0.25) is 14.2 Å². The molecule has 7 nitrogen and oxygen atoms in total. The Bertz CT molecular complexity index is 1650. The van der Waals surface area contributed by atoms with Gasteiger partial charge in [0.2, 0.25) is 0 Å². The molecule has 0 bridgehead atoms. The smallest absolute Gasteiger partial charge is 0.273 e. The number of para-hydroxylation sites is 1. The molecule has 0 saturated heterocycles. The van der Waals surface area contributed by atoms with Crippen molar-refractivity contribution >= 4 is 28.9 Å². The number of hydrogen-bond acceptors (Lipinski definition) is 6. The van der Waals surface area contributed by atoms with Gasteiger partial charge in [0.25, 0.3) is 11.5 Å². The molecule has 3 aromatic carbocycles. The molecule has 0 radical (unpaired) electrons. The van der Waals surface area contributed by atoms with Gasteiger partial charge in [0.05, 0.1) is 30.0 Å². The molecule has 0 fully saturated rings. The number of thiazole rings is 1. The molecule has 4 rings (SSSR count). The highest BCUT2D eigenvalue weighted by molar-refractivity contribution is 7.07. The zero-order valence-electron chi connectivity index (χ0n) is 21.3. The maximum atomic E-state index is 13.6. The minimum atomic E-state index is -0.552. The van der Waals surface area contributed by atoms with Crippen molar-refractivity contribution in [3.63, 3.8) is 0 Å². The van der Waals surface area contributed by atoms with Crippen LogP contribution in [0.2, 0.25) is 0 Å². The van der Waals surface area contributed by atoms with E-state index in [1.54, 1.807) is 49.6 Å². The summed E-state index contributed by atoms with van der Waals surface area (Å²) in [5, 5.41) is 12.9. The normalized spacial score (nSPS) is 12.8. The zero-order chi connectivity index (χ0) is 27.1. The van der Waals surface area contributed by atoms with Crippen molar-refractivity contribution in [3.05, 3.63) is 110 Å². The predicted octanol–water partition coefficient (Wildman–Crippen LogP) is 3.69. The van der Waals surface area contributed by atoms with Crippen LogP contribution in [0, 0.1) is 11.3 Å². The van der Waals surface area contributed by atoms with E-state index >= 15 is 0 Å². The number of nitrogens with one attached hydrogen (secondary N) is 1. The van der Waals surface area contributed by atoms with Crippen LogP contribution in [0.4, 0.5) is 0 Å². The molecule has 1 aromatic heterocycles. The van der Waals surface area contributed by atoms with Crippen LogP contribution in [0.5, 0.6) is 11.5 Å². The van der Waals surface area contributed by atoms with Gasteiger partial charge in [-0.15, -0.1) is 11.3 Å². The van der Waals surface area contributed by atoms with E-state index in [0.717, 1.165) is 22.5 Å². The van der Waals surface area contributed by atoms with E-state index < -0.39 is 5.91 Å². The maximum Gasteiger partial charge on any atom is 0.273 e. The first-order valence-corrected chi connectivity index (χ1v) is 12.9. The fraction of sp³-hybridized carbons (Fsp3) is 0.167. The summed E-state index contributed by atoms with van der Waals surface area (Å²) in [5.41, 5.74) is 1.71. The third-order valence-electron chi connectivity index (χ3n) is 5.82. The summed E-state index contributed by atoms with van der Waals surface area (Å²) in [6.45, 7) is 4.23. The summed E-state index contributed by atoms with van der Waals surface area (Å²) in [6.07, 6.45) is 1.72. The fourth-order valence-electron chi connectivity index (χ4n) is 3.95. The van der Waals surface area contributed by atoms with Gasteiger partial charge in [-0.2, -0.15) is 5.26 Å². The Hall–Kier alpha value is -4.61. The number of aromatic nitrogens is 1. The molecule has 0 saturated carbocycles. The van der Waals surface area contributed by atoms with Crippen molar-refractivity contribution in [1.29, 1.82) is 5.26 Å². The van der Waals surface area contributed by atoms with Crippen LogP contribution in [-0.2, 0) is 4.79 Å². The molecule has 0 aliphatic rings. The first-order valence-electron chi connectivity index (χ1n) is 12.1. The minimum Gasteiger partial charge on any atom is -0.493 e. The molecule has 192 valence electrons. The summed E-state index contributed by atoms with van der Waals surface area (Å²) in [7, 11) is 1.55. The Morgan fingerprint density at radius 3 is 2.39 bits per heavy atom. The number of benzene rings is 3. The van der Waals surface area contributed by atoms with Crippen LogP contribution < -0.4 is 29.5 Å². The molecule has 0 spiro atoms. The van der Waals surface area contributed by atoms with E-state index in [0.29, 0.717) is 28.3 Å². The van der Waals surface area contributed by atoms with Crippen LogP contribution in [0.25, 0.3) is 17.3 Å². The van der Waals surface area contributed by atoms with Crippen LogP contribution >= 0.6 is 11.3 Å². The largest absolute Gasteiger partial charge is 0.493 e. The van der Waals surface area contributed by atoms with E-state index in [4.69, 9.17) is 9.47 Å². The number of amides is 1. The van der Waals surface area contributed by atoms with Gasteiger partial charge in [-0.25, -0.2) is 0 Å². The lowest BCUT2D eigenvalue weighted by atomic mass is 10.1. The quantitative estimate of drug-likeness (QED) is 0.379. The molecule has 0 unspecified atom stereocenters. The van der Waals surface area contributed by atoms with Gasteiger partial charge in [0.15, 0.2) is 17.1 Å². The molecule has 0 aliphatic heterocycles. The Balaban J connectivity index is 1.88. The number of methoxy groups -OCH3 is 1. The average Bonchev–Trinajstić information content (AvgIpc) is 3.25. The van der Waals surface area contributed by atoms with Crippen molar-refractivity contribution in [1.82, 2.24) is 9.88 Å². The summed E-state index contributed by atoms with van der Waals surface area (Å²) in [6, 6.07) is 25.5. The third-order valence-corrected chi connectivity index (χ3v) is 6.92. The number of carbonyl (C=O) groups excluding carboxylic acids is 1.